The van der Waals surface area contributed by atoms with Crippen molar-refractivity contribution in [1.29, 1.82) is 0 Å². The second kappa shape index (κ2) is 4.09. The second-order valence-corrected chi connectivity index (χ2v) is 3.25. The Morgan fingerprint density at radius 1 is 1.73 bits per heavy atom. The average molecular weight is 193 g/mol. The molecule has 0 radical (unpaired) electrons. The van der Waals surface area contributed by atoms with E-state index in [2.05, 4.69) is 9.98 Å². The topological polar surface area (TPSA) is 34.0 Å². The zero-order valence-electron chi connectivity index (χ0n) is 6.32. The van der Waals surface area contributed by atoms with E-state index in [0.29, 0.717) is 5.17 Å². The number of thioether (sulfide) groups is 1. The van der Waals surface area contributed by atoms with Gasteiger partial charge >= 0.3 is 0 Å². The van der Waals surface area contributed by atoms with Crippen LogP contribution in [0, 0.1) is 0 Å². The summed E-state index contributed by atoms with van der Waals surface area (Å²) in [6.07, 6.45) is 3.36. The summed E-state index contributed by atoms with van der Waals surface area (Å²) < 4.78 is 4.97. The van der Waals surface area contributed by atoms with E-state index in [9.17, 15) is 0 Å². The fourth-order valence-electron chi connectivity index (χ4n) is 0.697. The molecule has 0 spiro atoms. The quantitative estimate of drug-likeness (QED) is 0.662. The molecule has 62 valence electrons. The van der Waals surface area contributed by atoms with Gasteiger partial charge in [-0.25, -0.2) is 4.99 Å². The third-order valence-corrected chi connectivity index (χ3v) is 2.24. The van der Waals surface area contributed by atoms with E-state index in [0.717, 1.165) is 0 Å². The minimum absolute atomic E-state index is 0.0890. The lowest BCUT2D eigenvalue weighted by Crippen LogP contribution is -2.25. The number of halogens is 1. The van der Waals surface area contributed by atoms with Gasteiger partial charge in [0.1, 0.15) is 11.3 Å². The summed E-state index contributed by atoms with van der Waals surface area (Å²) in [7, 11) is 1.58. The second-order valence-electron chi connectivity index (χ2n) is 1.97. The maximum Gasteiger partial charge on any atom is 0.187 e. The van der Waals surface area contributed by atoms with E-state index >= 15 is 0 Å². The standard InChI is InChI=1S/C6H9ClN2OS/c1-10-4-3-8-6(11-2)9-5(4)7/h3-4,6H,1-2H3. The number of methoxy groups -OCH3 is 1. The first-order chi connectivity index (χ1) is 5.27. The molecule has 0 N–H and O–H groups in total. The number of ether oxygens (including phenoxy) is 1. The smallest absolute Gasteiger partial charge is 0.187 e. The highest BCUT2D eigenvalue weighted by Gasteiger charge is 2.17. The molecule has 1 aliphatic rings. The van der Waals surface area contributed by atoms with Crippen LogP contribution in [0.1, 0.15) is 0 Å². The molecule has 1 aliphatic heterocycles. The van der Waals surface area contributed by atoms with Crippen molar-refractivity contribution in [1.82, 2.24) is 0 Å². The van der Waals surface area contributed by atoms with Gasteiger partial charge in [-0.15, -0.1) is 11.8 Å². The number of hydrogen-bond acceptors (Lipinski definition) is 4. The fraction of sp³-hybridized carbons (Fsp3) is 0.667. The highest BCUT2D eigenvalue weighted by Crippen LogP contribution is 2.15. The summed E-state index contributed by atoms with van der Waals surface area (Å²) in [6.45, 7) is 0. The van der Waals surface area contributed by atoms with E-state index < -0.39 is 0 Å². The van der Waals surface area contributed by atoms with Gasteiger partial charge in [-0.1, -0.05) is 11.6 Å². The van der Waals surface area contributed by atoms with Crippen LogP contribution < -0.4 is 0 Å². The largest absolute Gasteiger partial charge is 0.368 e. The van der Waals surface area contributed by atoms with Crippen LogP contribution in [0.2, 0.25) is 0 Å². The maximum atomic E-state index is 5.78. The minimum atomic E-state index is -0.250. The molecule has 5 heteroatoms. The van der Waals surface area contributed by atoms with Gasteiger partial charge < -0.3 is 4.74 Å². The molecule has 0 aromatic carbocycles. The molecule has 0 fully saturated rings. The van der Waals surface area contributed by atoms with Crippen molar-refractivity contribution >= 4 is 34.7 Å². The normalized spacial score (nSPS) is 30.3. The first-order valence-electron chi connectivity index (χ1n) is 3.10. The molecule has 0 saturated heterocycles. The molecule has 1 heterocycles. The van der Waals surface area contributed by atoms with Crippen LogP contribution in [0.5, 0.6) is 0 Å². The molecule has 0 aromatic heterocycles. The van der Waals surface area contributed by atoms with E-state index in [4.69, 9.17) is 16.3 Å². The van der Waals surface area contributed by atoms with Crippen LogP contribution in [0.3, 0.4) is 0 Å². The van der Waals surface area contributed by atoms with Gasteiger partial charge in [-0.2, -0.15) is 0 Å². The molecular weight excluding hydrogens is 184 g/mol. The van der Waals surface area contributed by atoms with Crippen LogP contribution in [0.15, 0.2) is 9.98 Å². The van der Waals surface area contributed by atoms with E-state index in [1.807, 2.05) is 6.26 Å². The number of rotatable bonds is 2. The molecule has 0 aromatic rings. The lowest BCUT2D eigenvalue weighted by atomic mass is 10.4. The van der Waals surface area contributed by atoms with Crippen LogP contribution in [0.4, 0.5) is 0 Å². The molecule has 0 saturated carbocycles. The van der Waals surface area contributed by atoms with Crippen molar-refractivity contribution in [3.63, 3.8) is 0 Å². The summed E-state index contributed by atoms with van der Waals surface area (Å²) in [6, 6.07) is 0. The van der Waals surface area contributed by atoms with Crippen LogP contribution >= 0.6 is 23.4 Å². The SMILES string of the molecule is COC1C=NC(SC)N=C1Cl. The summed E-state index contributed by atoms with van der Waals surface area (Å²) in [5.74, 6) is 0. The molecule has 2 unspecified atom stereocenters. The molecule has 2 atom stereocenters. The zero-order chi connectivity index (χ0) is 8.27. The van der Waals surface area contributed by atoms with Gasteiger partial charge in [0.05, 0.1) is 0 Å². The fourth-order valence-corrected chi connectivity index (χ4v) is 1.40. The Morgan fingerprint density at radius 3 is 2.91 bits per heavy atom. The molecule has 0 aliphatic carbocycles. The van der Waals surface area contributed by atoms with Crippen molar-refractivity contribution in [2.75, 3.05) is 13.4 Å². The number of aliphatic imine (C=N–C) groups is 2. The average Bonchev–Trinajstić information content (AvgIpc) is 2.04. The molecule has 0 bridgehead atoms. The van der Waals surface area contributed by atoms with Crippen molar-refractivity contribution < 1.29 is 4.74 Å². The Morgan fingerprint density at radius 2 is 2.45 bits per heavy atom. The number of nitrogens with zero attached hydrogens (tertiary/aromatic N) is 2. The van der Waals surface area contributed by atoms with E-state index in [1.54, 1.807) is 13.3 Å². The predicted octanol–water partition coefficient (Wildman–Crippen LogP) is 1.37. The lowest BCUT2D eigenvalue weighted by Gasteiger charge is -2.15. The van der Waals surface area contributed by atoms with Crippen molar-refractivity contribution in [3.8, 4) is 0 Å². The van der Waals surface area contributed by atoms with Crippen LogP contribution in [0.25, 0.3) is 0 Å². The number of hydrogen-bond donors (Lipinski definition) is 0. The van der Waals surface area contributed by atoms with Gasteiger partial charge in [0.15, 0.2) is 5.50 Å². The summed E-state index contributed by atoms with van der Waals surface area (Å²) >= 11 is 7.31. The van der Waals surface area contributed by atoms with Gasteiger partial charge in [0, 0.05) is 13.3 Å². The Bertz CT molecular complexity index is 195. The Hall–Kier alpha value is -0.0600. The van der Waals surface area contributed by atoms with E-state index in [1.165, 1.54) is 11.8 Å². The predicted molar refractivity (Wildman–Crippen MR) is 49.9 cm³/mol. The summed E-state index contributed by atoms with van der Waals surface area (Å²) in [4.78, 5) is 8.17. The zero-order valence-corrected chi connectivity index (χ0v) is 7.89. The molecule has 0 amide bonds. The maximum absolute atomic E-state index is 5.78. The molecule has 3 nitrogen and oxygen atoms in total. The molecule has 11 heavy (non-hydrogen) atoms. The van der Waals surface area contributed by atoms with Crippen molar-refractivity contribution in [3.05, 3.63) is 0 Å². The first-order valence-corrected chi connectivity index (χ1v) is 4.76. The first kappa shape index (κ1) is 9.03. The third-order valence-electron chi connectivity index (χ3n) is 1.28. The summed E-state index contributed by atoms with van der Waals surface area (Å²) in [5, 5.41) is 0.474. The minimum Gasteiger partial charge on any atom is -0.368 e. The highest BCUT2D eigenvalue weighted by atomic mass is 35.5. The molecule has 1 rings (SSSR count). The molecular formula is C6H9ClN2OS. The Kier molecular flexibility index (Phi) is 3.36. The van der Waals surface area contributed by atoms with Gasteiger partial charge in [0.2, 0.25) is 0 Å². The third kappa shape index (κ3) is 2.18. The van der Waals surface area contributed by atoms with Gasteiger partial charge in [-0.05, 0) is 6.26 Å². The monoisotopic (exact) mass is 192 g/mol. The lowest BCUT2D eigenvalue weighted by molar-refractivity contribution is 0.208. The van der Waals surface area contributed by atoms with Crippen LogP contribution in [-0.2, 0) is 4.74 Å². The Labute approximate surface area is 74.9 Å². The van der Waals surface area contributed by atoms with Crippen LogP contribution in [-0.4, -0.2) is 36.4 Å². The van der Waals surface area contributed by atoms with E-state index in [-0.39, 0.29) is 11.6 Å². The Balaban J connectivity index is 2.63. The van der Waals surface area contributed by atoms with Gasteiger partial charge in [-0.3, -0.25) is 4.99 Å². The van der Waals surface area contributed by atoms with Crippen molar-refractivity contribution in [2.45, 2.75) is 11.6 Å². The highest BCUT2D eigenvalue weighted by molar-refractivity contribution is 7.99. The van der Waals surface area contributed by atoms with Crippen molar-refractivity contribution in [2.24, 2.45) is 9.98 Å². The van der Waals surface area contributed by atoms with Gasteiger partial charge in [0.25, 0.3) is 0 Å². The summed E-state index contributed by atoms with van der Waals surface area (Å²) in [5.41, 5.74) is -0.0890.